The second-order valence-corrected chi connectivity index (χ2v) is 8.00. The first-order chi connectivity index (χ1) is 13.7. The van der Waals surface area contributed by atoms with Crippen molar-refractivity contribution in [1.29, 1.82) is 5.26 Å². The lowest BCUT2D eigenvalue weighted by molar-refractivity contribution is -0.0661. The fourth-order valence-corrected chi connectivity index (χ4v) is 2.82. The number of benzene rings is 1. The molecule has 7 nitrogen and oxygen atoms in total. The summed E-state index contributed by atoms with van der Waals surface area (Å²) in [5.74, 6) is 1.01. The molecule has 8 heteroatoms. The van der Waals surface area contributed by atoms with Gasteiger partial charge in [0.15, 0.2) is 6.23 Å². The molecule has 0 N–H and O–H groups in total. The summed E-state index contributed by atoms with van der Waals surface area (Å²) in [6.45, 7) is 6.23. The van der Waals surface area contributed by atoms with Gasteiger partial charge in [0.2, 0.25) is 0 Å². The summed E-state index contributed by atoms with van der Waals surface area (Å²) in [6, 6.07) is 10.4. The Morgan fingerprint density at radius 3 is 2.79 bits per heavy atom. The maximum Gasteiger partial charge on any atom is 0.413 e. The molecule has 1 atom stereocenters. The summed E-state index contributed by atoms with van der Waals surface area (Å²) in [4.78, 5) is 18.0. The molecule has 1 aromatic heterocycles. The first kappa shape index (κ1) is 20.7. The van der Waals surface area contributed by atoms with Gasteiger partial charge in [-0.2, -0.15) is 5.26 Å². The average molecular weight is 416 g/mol. The van der Waals surface area contributed by atoms with Crippen molar-refractivity contribution < 1.29 is 19.0 Å². The van der Waals surface area contributed by atoms with Crippen molar-refractivity contribution in [3.05, 3.63) is 52.8 Å². The van der Waals surface area contributed by atoms with Gasteiger partial charge in [0.05, 0.1) is 11.3 Å². The molecule has 0 saturated carbocycles. The minimum atomic E-state index is -0.553. The van der Waals surface area contributed by atoms with E-state index in [2.05, 4.69) is 11.1 Å². The van der Waals surface area contributed by atoms with Crippen molar-refractivity contribution in [2.45, 2.75) is 45.6 Å². The number of ether oxygens (including phenoxy) is 3. The van der Waals surface area contributed by atoms with Crippen LogP contribution in [0.2, 0.25) is 5.02 Å². The minimum Gasteiger partial charge on any atom is -0.486 e. The highest BCUT2D eigenvalue weighted by Crippen LogP contribution is 2.26. The van der Waals surface area contributed by atoms with Crippen LogP contribution in [-0.4, -0.2) is 34.4 Å². The van der Waals surface area contributed by atoms with Gasteiger partial charge in [0.1, 0.15) is 29.8 Å². The highest BCUT2D eigenvalue weighted by atomic mass is 35.5. The van der Waals surface area contributed by atoms with Gasteiger partial charge in [-0.3, -0.25) is 9.88 Å². The highest BCUT2D eigenvalue weighted by molar-refractivity contribution is 6.30. The number of nitrogens with zero attached hydrogens (tertiary/aromatic N) is 3. The number of nitriles is 1. The lowest BCUT2D eigenvalue weighted by Crippen LogP contribution is -2.55. The van der Waals surface area contributed by atoms with Gasteiger partial charge in [-0.05, 0) is 45.0 Å². The number of carbonyl (C=O) groups excluding carboxylic acids is 1. The zero-order valence-electron chi connectivity index (χ0n) is 16.5. The van der Waals surface area contributed by atoms with Crippen molar-refractivity contribution >= 4 is 17.7 Å². The third-order valence-electron chi connectivity index (χ3n) is 4.09. The molecular formula is C21H22ClN3O4. The monoisotopic (exact) mass is 415 g/mol. The molecule has 0 radical (unpaired) electrons. The summed E-state index contributed by atoms with van der Waals surface area (Å²) in [6.07, 6.45) is 1.57. The predicted molar refractivity (Wildman–Crippen MR) is 107 cm³/mol. The minimum absolute atomic E-state index is 0.161. The molecule has 1 fully saturated rings. The molecule has 1 aliphatic rings. The van der Waals surface area contributed by atoms with E-state index in [1.54, 1.807) is 41.4 Å². The standard InChI is InChI=1S/C21H22ClN3O4/c1-21(2,3)29-20(26)25-9-7-19(25)28-17-6-8-24-16(11-17)13-27-18-5-4-15(22)10-14(18)12-23/h4-6,8,10-11,19H,7,9,13H2,1-3H3. The molecule has 0 spiro atoms. The quantitative estimate of drug-likeness (QED) is 0.713. The Kier molecular flexibility index (Phi) is 6.14. The Balaban J connectivity index is 1.60. The lowest BCUT2D eigenvalue weighted by atomic mass is 10.2. The van der Waals surface area contributed by atoms with Crippen LogP contribution >= 0.6 is 11.6 Å². The van der Waals surface area contributed by atoms with E-state index in [0.717, 1.165) is 6.42 Å². The fourth-order valence-electron chi connectivity index (χ4n) is 2.65. The summed E-state index contributed by atoms with van der Waals surface area (Å²) in [5, 5.41) is 9.66. The summed E-state index contributed by atoms with van der Waals surface area (Å²) < 4.78 is 17.0. The second kappa shape index (κ2) is 8.58. The van der Waals surface area contributed by atoms with Gasteiger partial charge >= 0.3 is 6.09 Å². The Morgan fingerprint density at radius 1 is 1.34 bits per heavy atom. The molecule has 1 aliphatic heterocycles. The number of hydrogen-bond donors (Lipinski definition) is 0. The van der Waals surface area contributed by atoms with Crippen LogP contribution in [-0.2, 0) is 11.3 Å². The molecule has 2 aromatic rings. The highest BCUT2D eigenvalue weighted by Gasteiger charge is 2.36. The molecule has 3 rings (SSSR count). The van der Waals surface area contributed by atoms with Gasteiger partial charge in [-0.1, -0.05) is 11.6 Å². The normalized spacial score (nSPS) is 15.8. The zero-order chi connectivity index (χ0) is 21.0. The average Bonchev–Trinajstić information content (AvgIpc) is 2.63. The molecule has 1 aromatic carbocycles. The first-order valence-corrected chi connectivity index (χ1v) is 9.56. The van der Waals surface area contributed by atoms with Crippen LogP contribution in [0.1, 0.15) is 38.4 Å². The smallest absolute Gasteiger partial charge is 0.413 e. The second-order valence-electron chi connectivity index (χ2n) is 7.56. The number of halogens is 1. The summed E-state index contributed by atoms with van der Waals surface area (Å²) >= 11 is 5.90. The van der Waals surface area contributed by atoms with Crippen molar-refractivity contribution in [1.82, 2.24) is 9.88 Å². The fraction of sp³-hybridized carbons (Fsp3) is 0.381. The third kappa shape index (κ3) is 5.52. The van der Waals surface area contributed by atoms with Gasteiger partial charge in [0, 0.05) is 30.3 Å². The largest absolute Gasteiger partial charge is 0.486 e. The Morgan fingerprint density at radius 2 is 2.14 bits per heavy atom. The van der Waals surface area contributed by atoms with E-state index >= 15 is 0 Å². The van der Waals surface area contributed by atoms with E-state index in [1.807, 2.05) is 20.8 Å². The maximum absolute atomic E-state index is 12.2. The van der Waals surface area contributed by atoms with Crippen molar-refractivity contribution in [2.24, 2.45) is 0 Å². The van der Waals surface area contributed by atoms with E-state index in [4.69, 9.17) is 25.8 Å². The summed E-state index contributed by atoms with van der Waals surface area (Å²) in [5.41, 5.74) is 0.430. The van der Waals surface area contributed by atoms with Gasteiger partial charge < -0.3 is 14.2 Å². The van der Waals surface area contributed by atoms with Crippen LogP contribution in [0, 0.1) is 11.3 Å². The number of hydrogen-bond acceptors (Lipinski definition) is 6. The van der Waals surface area contributed by atoms with Crippen LogP contribution in [0.25, 0.3) is 0 Å². The van der Waals surface area contributed by atoms with Gasteiger partial charge in [0.25, 0.3) is 0 Å². The number of pyridine rings is 1. The molecule has 152 valence electrons. The number of carbonyl (C=O) groups is 1. The van der Waals surface area contributed by atoms with Crippen LogP contribution < -0.4 is 9.47 Å². The Bertz CT molecular complexity index is 936. The van der Waals surface area contributed by atoms with Gasteiger partial charge in [-0.25, -0.2) is 4.79 Å². The van der Waals surface area contributed by atoms with Crippen molar-refractivity contribution in [3.8, 4) is 17.6 Å². The van der Waals surface area contributed by atoms with Crippen LogP contribution in [0.5, 0.6) is 11.5 Å². The molecule has 29 heavy (non-hydrogen) atoms. The molecule has 0 aliphatic carbocycles. The van der Waals surface area contributed by atoms with Crippen LogP contribution in [0.3, 0.4) is 0 Å². The predicted octanol–water partition coefficient (Wildman–Crippen LogP) is 4.53. The lowest BCUT2D eigenvalue weighted by Gasteiger charge is -2.40. The topological polar surface area (TPSA) is 84.7 Å². The number of amides is 1. The SMILES string of the molecule is CC(C)(C)OC(=O)N1CCC1Oc1ccnc(COc2ccc(Cl)cc2C#N)c1. The Labute approximate surface area is 174 Å². The third-order valence-corrected chi connectivity index (χ3v) is 4.33. The zero-order valence-corrected chi connectivity index (χ0v) is 17.3. The molecular weight excluding hydrogens is 394 g/mol. The van der Waals surface area contributed by atoms with Gasteiger partial charge in [-0.15, -0.1) is 0 Å². The maximum atomic E-state index is 12.2. The van der Waals surface area contributed by atoms with Crippen LogP contribution in [0.4, 0.5) is 4.79 Å². The molecule has 2 heterocycles. The Hall–Kier alpha value is -2.98. The summed E-state index contributed by atoms with van der Waals surface area (Å²) in [7, 11) is 0. The molecule has 0 bridgehead atoms. The van der Waals surface area contributed by atoms with E-state index in [9.17, 15) is 10.1 Å². The van der Waals surface area contributed by atoms with E-state index in [-0.39, 0.29) is 12.8 Å². The van der Waals surface area contributed by atoms with E-state index in [0.29, 0.717) is 34.3 Å². The molecule has 1 amide bonds. The number of aromatic nitrogens is 1. The number of rotatable bonds is 5. The van der Waals surface area contributed by atoms with Crippen molar-refractivity contribution in [2.75, 3.05) is 6.54 Å². The van der Waals surface area contributed by atoms with E-state index in [1.165, 1.54) is 0 Å². The number of likely N-dealkylation sites (tertiary alicyclic amines) is 1. The van der Waals surface area contributed by atoms with Crippen LogP contribution in [0.15, 0.2) is 36.5 Å². The van der Waals surface area contributed by atoms with Crippen molar-refractivity contribution in [3.63, 3.8) is 0 Å². The molecule has 1 saturated heterocycles. The van der Waals surface area contributed by atoms with E-state index < -0.39 is 11.7 Å². The first-order valence-electron chi connectivity index (χ1n) is 9.19. The molecule has 1 unspecified atom stereocenters.